The van der Waals surface area contributed by atoms with E-state index in [1.54, 1.807) is 0 Å². The Hall–Kier alpha value is -0.650. The van der Waals surface area contributed by atoms with Crippen molar-refractivity contribution in [1.82, 2.24) is 5.32 Å². The summed E-state index contributed by atoms with van der Waals surface area (Å²) in [4.78, 5) is 12.4. The molecule has 3 atom stereocenters. The number of carbonyl (C=O) groups is 1. The molecule has 3 unspecified atom stereocenters. The van der Waals surface area contributed by atoms with Crippen molar-refractivity contribution >= 4 is 5.91 Å². The summed E-state index contributed by atoms with van der Waals surface area (Å²) in [5.74, 6) is -0.281. The molecule has 1 amide bonds. The number of hydrogen-bond donors (Lipinski definition) is 4. The Kier molecular flexibility index (Phi) is 35.7. The molecule has 45 heavy (non-hydrogen) atoms. The summed E-state index contributed by atoms with van der Waals surface area (Å²) in [5.41, 5.74) is 0. The average Bonchev–Trinajstić information content (AvgIpc) is 3.03. The van der Waals surface area contributed by atoms with E-state index in [1.807, 2.05) is 0 Å². The average molecular weight is 640 g/mol. The molecule has 0 aromatic rings. The van der Waals surface area contributed by atoms with Crippen LogP contribution in [0.2, 0.25) is 0 Å². The van der Waals surface area contributed by atoms with Crippen LogP contribution in [0.15, 0.2) is 0 Å². The normalized spacial score (nSPS) is 13.6. The highest BCUT2D eigenvalue weighted by atomic mass is 16.3. The highest BCUT2D eigenvalue weighted by Crippen LogP contribution is 2.16. The molecule has 0 aromatic carbocycles. The molecule has 0 spiro atoms. The molecule has 5 nitrogen and oxygen atoms in total. The quantitative estimate of drug-likeness (QED) is 0.0509. The van der Waals surface area contributed by atoms with E-state index in [2.05, 4.69) is 19.2 Å². The number of aliphatic hydroxyl groups is 3. The van der Waals surface area contributed by atoms with Gasteiger partial charge in [-0.2, -0.15) is 0 Å². The van der Waals surface area contributed by atoms with Gasteiger partial charge in [-0.3, -0.25) is 4.79 Å². The number of amides is 1. The van der Waals surface area contributed by atoms with Crippen molar-refractivity contribution in [3.05, 3.63) is 0 Å². The summed E-state index contributed by atoms with van der Waals surface area (Å²) >= 11 is 0. The molecular formula is C40H81NO4. The third-order valence-corrected chi connectivity index (χ3v) is 9.67. The van der Waals surface area contributed by atoms with Gasteiger partial charge in [0.05, 0.1) is 31.3 Å². The Morgan fingerprint density at radius 1 is 0.467 bits per heavy atom. The van der Waals surface area contributed by atoms with Gasteiger partial charge in [0.15, 0.2) is 0 Å². The monoisotopic (exact) mass is 640 g/mol. The van der Waals surface area contributed by atoms with Crippen molar-refractivity contribution in [2.45, 2.75) is 244 Å². The zero-order valence-corrected chi connectivity index (χ0v) is 30.5. The molecule has 0 aliphatic rings. The van der Waals surface area contributed by atoms with Crippen LogP contribution in [0.5, 0.6) is 0 Å². The number of hydrogen-bond acceptors (Lipinski definition) is 4. The SMILES string of the molecule is CCCCCCCCCCCCCCCCCCCCCCCC(O)CC(=O)NC(CO)C(O)CCCCCCCCCCC. The number of rotatable bonds is 37. The molecule has 0 aliphatic carbocycles. The van der Waals surface area contributed by atoms with Gasteiger partial charge in [0, 0.05) is 0 Å². The van der Waals surface area contributed by atoms with Crippen molar-refractivity contribution in [1.29, 1.82) is 0 Å². The van der Waals surface area contributed by atoms with E-state index >= 15 is 0 Å². The molecule has 0 fully saturated rings. The van der Waals surface area contributed by atoms with Gasteiger partial charge in [-0.25, -0.2) is 0 Å². The smallest absolute Gasteiger partial charge is 0.222 e. The molecule has 0 saturated heterocycles. The fourth-order valence-electron chi connectivity index (χ4n) is 6.52. The predicted molar refractivity (Wildman–Crippen MR) is 195 cm³/mol. The number of carbonyl (C=O) groups excluding carboxylic acids is 1. The lowest BCUT2D eigenvalue weighted by atomic mass is 10.0. The summed E-state index contributed by atoms with van der Waals surface area (Å²) in [6.07, 6.45) is 39.3. The zero-order chi connectivity index (χ0) is 33.1. The number of unbranched alkanes of at least 4 members (excludes halogenated alkanes) is 28. The van der Waals surface area contributed by atoms with Crippen molar-refractivity contribution < 1.29 is 20.1 Å². The second kappa shape index (κ2) is 36.2. The van der Waals surface area contributed by atoms with Gasteiger partial charge in [-0.1, -0.05) is 206 Å². The molecule has 0 bridgehead atoms. The number of nitrogens with one attached hydrogen (secondary N) is 1. The minimum atomic E-state index is -0.741. The lowest BCUT2D eigenvalue weighted by Gasteiger charge is -2.23. The largest absolute Gasteiger partial charge is 0.394 e. The Morgan fingerprint density at radius 3 is 1.07 bits per heavy atom. The first-order valence-electron chi connectivity index (χ1n) is 20.3. The topological polar surface area (TPSA) is 89.8 Å². The van der Waals surface area contributed by atoms with Crippen molar-refractivity contribution in [2.75, 3.05) is 6.61 Å². The van der Waals surface area contributed by atoms with Gasteiger partial charge in [-0.15, -0.1) is 0 Å². The van der Waals surface area contributed by atoms with Crippen LogP contribution >= 0.6 is 0 Å². The van der Waals surface area contributed by atoms with Gasteiger partial charge in [-0.05, 0) is 12.8 Å². The second-order valence-corrected chi connectivity index (χ2v) is 14.3. The molecule has 0 aromatic heterocycles. The van der Waals surface area contributed by atoms with E-state index in [1.165, 1.54) is 167 Å². The van der Waals surface area contributed by atoms with Gasteiger partial charge in [0.2, 0.25) is 5.91 Å². The summed E-state index contributed by atoms with van der Waals surface area (Å²) in [6.45, 7) is 4.25. The van der Waals surface area contributed by atoms with E-state index in [0.29, 0.717) is 12.8 Å². The second-order valence-electron chi connectivity index (χ2n) is 14.3. The number of aliphatic hydroxyl groups excluding tert-OH is 3. The highest BCUT2D eigenvalue weighted by molar-refractivity contribution is 5.76. The van der Waals surface area contributed by atoms with Crippen LogP contribution in [0.4, 0.5) is 0 Å². The van der Waals surface area contributed by atoms with Crippen molar-refractivity contribution in [3.8, 4) is 0 Å². The van der Waals surface area contributed by atoms with Crippen LogP contribution in [-0.2, 0) is 4.79 Å². The van der Waals surface area contributed by atoms with Crippen molar-refractivity contribution in [3.63, 3.8) is 0 Å². The minimum absolute atomic E-state index is 0.0421. The van der Waals surface area contributed by atoms with Crippen LogP contribution in [0.25, 0.3) is 0 Å². The first kappa shape index (κ1) is 44.4. The zero-order valence-electron chi connectivity index (χ0n) is 30.5. The fraction of sp³-hybridized carbons (Fsp3) is 0.975. The third kappa shape index (κ3) is 33.1. The Bertz CT molecular complexity index is 587. The lowest BCUT2D eigenvalue weighted by Crippen LogP contribution is -2.46. The van der Waals surface area contributed by atoms with Gasteiger partial charge >= 0.3 is 0 Å². The Labute approximate surface area is 281 Å². The molecule has 4 N–H and O–H groups in total. The molecule has 270 valence electrons. The molecule has 0 rings (SSSR count). The molecule has 0 heterocycles. The van der Waals surface area contributed by atoms with E-state index < -0.39 is 18.2 Å². The highest BCUT2D eigenvalue weighted by Gasteiger charge is 2.21. The summed E-state index contributed by atoms with van der Waals surface area (Å²) < 4.78 is 0. The first-order chi connectivity index (χ1) is 22.0. The molecule has 0 aliphatic heterocycles. The maximum absolute atomic E-state index is 12.4. The van der Waals surface area contributed by atoms with Crippen LogP contribution in [-0.4, -0.2) is 46.1 Å². The van der Waals surface area contributed by atoms with E-state index in [9.17, 15) is 20.1 Å². The standard InChI is InChI=1S/C40H81NO4/c1-3-5-7-9-11-13-14-15-16-17-18-19-20-21-22-23-24-26-27-29-31-33-37(43)35-40(45)41-38(36-42)39(44)34-32-30-28-25-12-10-8-6-4-2/h37-39,42-44H,3-36H2,1-2H3,(H,41,45). The molecular weight excluding hydrogens is 558 g/mol. The van der Waals surface area contributed by atoms with Crippen LogP contribution in [0.1, 0.15) is 226 Å². The predicted octanol–water partition coefficient (Wildman–Crippen LogP) is 11.1. The lowest BCUT2D eigenvalue weighted by molar-refractivity contribution is -0.125. The Balaban J connectivity index is 3.53. The first-order valence-corrected chi connectivity index (χ1v) is 20.3. The van der Waals surface area contributed by atoms with E-state index in [4.69, 9.17) is 0 Å². The van der Waals surface area contributed by atoms with Gasteiger partial charge in [0.25, 0.3) is 0 Å². The van der Waals surface area contributed by atoms with Crippen LogP contribution in [0, 0.1) is 0 Å². The maximum Gasteiger partial charge on any atom is 0.222 e. The molecule has 0 radical (unpaired) electrons. The molecule has 0 saturated carbocycles. The summed E-state index contributed by atoms with van der Waals surface area (Å²) in [6, 6.07) is -0.650. The summed E-state index contributed by atoms with van der Waals surface area (Å²) in [5, 5.41) is 33.2. The summed E-state index contributed by atoms with van der Waals surface area (Å²) in [7, 11) is 0. The minimum Gasteiger partial charge on any atom is -0.394 e. The Morgan fingerprint density at radius 2 is 0.756 bits per heavy atom. The van der Waals surface area contributed by atoms with Crippen LogP contribution in [0.3, 0.4) is 0 Å². The molecule has 5 heteroatoms. The van der Waals surface area contributed by atoms with E-state index in [-0.39, 0.29) is 18.9 Å². The van der Waals surface area contributed by atoms with Crippen molar-refractivity contribution in [2.24, 2.45) is 0 Å². The third-order valence-electron chi connectivity index (χ3n) is 9.67. The van der Waals surface area contributed by atoms with E-state index in [0.717, 1.165) is 25.7 Å². The fourth-order valence-corrected chi connectivity index (χ4v) is 6.52. The van der Waals surface area contributed by atoms with Gasteiger partial charge in [0.1, 0.15) is 0 Å². The maximum atomic E-state index is 12.4. The van der Waals surface area contributed by atoms with Crippen LogP contribution < -0.4 is 5.32 Å². The van der Waals surface area contributed by atoms with Gasteiger partial charge < -0.3 is 20.6 Å².